The normalized spacial score (nSPS) is 23.1. The lowest BCUT2D eigenvalue weighted by Gasteiger charge is -2.22. The fraction of sp³-hybridized carbons (Fsp3) is 0.333. The number of hydrogen-bond acceptors (Lipinski definition) is 12. The number of hydrogen-bond donors (Lipinski definition) is 4. The number of rotatable bonds is 11. The topological polar surface area (TPSA) is 201 Å². The number of aromatic nitrogens is 2. The van der Waals surface area contributed by atoms with E-state index in [1.807, 2.05) is 6.07 Å². The molecule has 0 spiro atoms. The Kier molecular flexibility index (Phi) is 8.46. The molecule has 1 aromatic carbocycles. The summed E-state index contributed by atoms with van der Waals surface area (Å²) in [5, 5.41) is 34.5. The van der Waals surface area contributed by atoms with Gasteiger partial charge in [0.2, 0.25) is 0 Å². The molecule has 16 heteroatoms. The largest absolute Gasteiger partial charge is 0.406 e. The van der Waals surface area contributed by atoms with Gasteiger partial charge in [-0.3, -0.25) is 23.7 Å². The zero-order chi connectivity index (χ0) is 26.6. The van der Waals surface area contributed by atoms with E-state index in [4.69, 9.17) is 19.5 Å². The Morgan fingerprint density at radius 3 is 2.62 bits per heavy atom. The summed E-state index contributed by atoms with van der Waals surface area (Å²) in [7, 11) is -4.05. The van der Waals surface area contributed by atoms with E-state index in [0.717, 1.165) is 21.5 Å². The van der Waals surface area contributed by atoms with Crippen LogP contribution in [0.1, 0.15) is 16.7 Å². The average molecular weight is 553 g/mol. The quantitative estimate of drug-likeness (QED) is 0.152. The minimum atomic E-state index is -4.05. The maximum atomic E-state index is 13.5. The van der Waals surface area contributed by atoms with E-state index in [1.165, 1.54) is 24.4 Å². The molecule has 0 bridgehead atoms. The fourth-order valence-corrected chi connectivity index (χ4v) is 5.60. The number of nitrogens with one attached hydrogen (secondary N) is 1. The number of nitrogens with two attached hydrogens (primary N) is 1. The summed E-state index contributed by atoms with van der Waals surface area (Å²) in [6.45, 7) is -0.618. The van der Waals surface area contributed by atoms with Gasteiger partial charge in [0.25, 0.3) is 0 Å². The van der Waals surface area contributed by atoms with Crippen LogP contribution in [-0.2, 0) is 31.5 Å². The van der Waals surface area contributed by atoms with Gasteiger partial charge in [-0.1, -0.05) is 41.7 Å². The van der Waals surface area contributed by atoms with Crippen molar-refractivity contribution in [2.45, 2.75) is 37.7 Å². The van der Waals surface area contributed by atoms with Crippen LogP contribution in [0.2, 0.25) is 0 Å². The van der Waals surface area contributed by atoms with Gasteiger partial charge in [-0.2, -0.15) is 4.98 Å². The molecule has 0 amide bonds. The van der Waals surface area contributed by atoms with E-state index in [2.05, 4.69) is 10.1 Å². The number of ether oxygens (including phenoxy) is 1. The highest BCUT2D eigenvalue weighted by atomic mass is 32.1. The highest BCUT2D eigenvalue weighted by Gasteiger charge is 2.45. The van der Waals surface area contributed by atoms with Crippen LogP contribution >= 0.6 is 19.1 Å². The highest BCUT2D eigenvalue weighted by molar-refractivity contribution is 7.51. The molecule has 4 rings (SSSR count). The third-order valence-corrected chi connectivity index (χ3v) is 7.91. The highest BCUT2D eigenvalue weighted by Crippen LogP contribution is 2.46. The van der Waals surface area contributed by atoms with Crippen molar-refractivity contribution < 1.29 is 33.5 Å². The first-order chi connectivity index (χ1) is 17.6. The Morgan fingerprint density at radius 1 is 1.19 bits per heavy atom. The third kappa shape index (κ3) is 6.66. The molecule has 5 N–H and O–H groups in total. The zero-order valence-electron chi connectivity index (χ0n) is 19.2. The van der Waals surface area contributed by atoms with Crippen molar-refractivity contribution >= 4 is 29.9 Å². The molecule has 0 saturated carbocycles. The van der Waals surface area contributed by atoms with Gasteiger partial charge in [-0.05, 0) is 17.7 Å². The lowest BCUT2D eigenvalue weighted by atomic mass is 10.1. The summed E-state index contributed by atoms with van der Waals surface area (Å²) >= 11 is 0.867. The number of benzene rings is 1. The lowest BCUT2D eigenvalue weighted by molar-refractivity contribution is -0.380. The van der Waals surface area contributed by atoms with Crippen molar-refractivity contribution in [3.8, 4) is 0 Å². The van der Waals surface area contributed by atoms with E-state index < -0.39 is 49.5 Å². The van der Waals surface area contributed by atoms with Crippen molar-refractivity contribution in [1.29, 1.82) is 0 Å². The summed E-state index contributed by atoms with van der Waals surface area (Å²) in [6, 6.07) is 13.1. The molecule has 37 heavy (non-hydrogen) atoms. The van der Waals surface area contributed by atoms with Crippen molar-refractivity contribution in [1.82, 2.24) is 14.6 Å². The molecule has 5 atom stereocenters. The molecular weight excluding hydrogens is 529 g/mol. The second-order valence-electron chi connectivity index (χ2n) is 7.97. The smallest absolute Gasteiger partial charge is 0.387 e. The molecule has 1 saturated heterocycles. The van der Waals surface area contributed by atoms with Gasteiger partial charge >= 0.3 is 18.4 Å². The Morgan fingerprint density at radius 2 is 1.95 bits per heavy atom. The first-order valence-electron chi connectivity index (χ1n) is 10.9. The monoisotopic (exact) mass is 553 g/mol. The van der Waals surface area contributed by atoms with Crippen LogP contribution in [0, 0.1) is 10.1 Å². The number of anilines is 1. The average Bonchev–Trinajstić information content (AvgIpc) is 3.47. The maximum absolute atomic E-state index is 13.5. The van der Waals surface area contributed by atoms with Crippen LogP contribution in [0.4, 0.5) is 10.8 Å². The minimum Gasteiger partial charge on any atom is -0.387 e. The summed E-state index contributed by atoms with van der Waals surface area (Å²) in [5.74, 6) is -0.0205. The minimum absolute atomic E-state index is 0.0205. The van der Waals surface area contributed by atoms with E-state index in [9.17, 15) is 29.7 Å². The van der Waals surface area contributed by atoms with Crippen molar-refractivity contribution in [3.63, 3.8) is 0 Å². The van der Waals surface area contributed by atoms with E-state index in [0.29, 0.717) is 4.88 Å². The second-order valence-corrected chi connectivity index (χ2v) is 10.9. The number of nitrogens with zero attached hydrogens (tertiary/aromatic N) is 3. The van der Waals surface area contributed by atoms with Gasteiger partial charge in [0.1, 0.15) is 24.1 Å². The van der Waals surface area contributed by atoms with Gasteiger partial charge in [0.05, 0.1) is 18.1 Å². The molecule has 0 aliphatic carbocycles. The Bertz CT molecular complexity index is 1340. The van der Waals surface area contributed by atoms with Crippen LogP contribution < -0.4 is 16.5 Å². The van der Waals surface area contributed by atoms with Crippen LogP contribution in [-0.4, -0.2) is 49.6 Å². The summed E-state index contributed by atoms with van der Waals surface area (Å²) in [4.78, 5) is 26.6. The first kappa shape index (κ1) is 27.0. The zero-order valence-corrected chi connectivity index (χ0v) is 20.9. The summed E-state index contributed by atoms with van der Waals surface area (Å²) < 4.78 is 31.2. The van der Waals surface area contributed by atoms with E-state index in [1.54, 1.807) is 24.3 Å². The number of nitro groups is 1. The number of aliphatic hydroxyl groups is 2. The maximum Gasteiger partial charge on any atom is 0.406 e. The molecule has 2 aromatic heterocycles. The van der Waals surface area contributed by atoms with E-state index in [-0.39, 0.29) is 24.0 Å². The predicted molar refractivity (Wildman–Crippen MR) is 131 cm³/mol. The molecule has 3 heterocycles. The molecule has 3 aromatic rings. The van der Waals surface area contributed by atoms with Crippen LogP contribution in [0.25, 0.3) is 0 Å². The second kappa shape index (κ2) is 11.6. The molecule has 1 fully saturated rings. The van der Waals surface area contributed by atoms with Gasteiger partial charge < -0.3 is 20.7 Å². The fourth-order valence-electron chi connectivity index (χ4n) is 3.49. The van der Waals surface area contributed by atoms with Gasteiger partial charge in [0, 0.05) is 23.7 Å². The molecule has 14 nitrogen and oxygen atoms in total. The Hall–Kier alpha value is -3.01. The summed E-state index contributed by atoms with van der Waals surface area (Å²) in [6.07, 6.45) is -4.20. The van der Waals surface area contributed by atoms with Crippen LogP contribution in [0.3, 0.4) is 0 Å². The Balaban J connectivity index is 1.45. The summed E-state index contributed by atoms with van der Waals surface area (Å²) in [5.41, 5.74) is 5.48. The molecular formula is C21H24N5O9PS. The number of nitrogen functional groups attached to an aromatic ring is 1. The van der Waals surface area contributed by atoms with Crippen molar-refractivity contribution in [2.24, 2.45) is 0 Å². The molecule has 2 unspecified atom stereocenters. The van der Waals surface area contributed by atoms with Gasteiger partial charge in [-0.25, -0.2) is 14.4 Å². The van der Waals surface area contributed by atoms with Gasteiger partial charge in [-0.15, -0.1) is 0 Å². The van der Waals surface area contributed by atoms with Crippen molar-refractivity contribution in [3.05, 3.63) is 85.8 Å². The number of aliphatic hydroxyl groups excluding tert-OH is 2. The third-order valence-electron chi connectivity index (χ3n) is 5.40. The Labute approximate surface area is 214 Å². The predicted octanol–water partition coefficient (Wildman–Crippen LogP) is 1.55. The molecule has 1 aliphatic rings. The molecule has 1 aliphatic heterocycles. The van der Waals surface area contributed by atoms with Crippen LogP contribution in [0.5, 0.6) is 0 Å². The number of thiophene rings is 1. The van der Waals surface area contributed by atoms with Crippen LogP contribution in [0.15, 0.2) is 59.5 Å². The lowest BCUT2D eigenvalue weighted by Crippen LogP contribution is -2.36. The van der Waals surface area contributed by atoms with E-state index >= 15 is 0 Å². The SMILES string of the molecule is Nc1ccn([C@@H]2O[C@H](COP(=O)(NCc3ccccc3)OCc3ccc([N+](=O)[O-])s3)C(O)[C@H]2O)c(=O)n1. The van der Waals surface area contributed by atoms with Gasteiger partial charge in [0.15, 0.2) is 6.23 Å². The van der Waals surface area contributed by atoms with Crippen molar-refractivity contribution in [2.75, 3.05) is 12.3 Å². The molecule has 0 radical (unpaired) electrons. The molecule has 198 valence electrons. The standard InChI is InChI=1S/C21H24N5O9PS/c22-16-8-9-25(21(29)24-16)20-19(28)18(27)15(35-20)12-34-36(32,23-10-13-4-2-1-3-5-13)33-11-14-6-7-17(37-14)26(30)31/h1-9,15,18-20,27-28H,10-12H2,(H,23,32)(H2,22,24,29)/t15-,18?,19-,20-,36?/m1/s1. The first-order valence-corrected chi connectivity index (χ1v) is 13.3.